The van der Waals surface area contributed by atoms with Crippen LogP contribution < -0.4 is 15.4 Å². The van der Waals surface area contributed by atoms with Gasteiger partial charge in [0, 0.05) is 32.7 Å². The molecule has 1 saturated heterocycles. The number of hydrogen-bond acceptors (Lipinski definition) is 6. The minimum Gasteiger partial charge on any atom is -0.476 e. The number of hydrogen-bond donors (Lipinski definition) is 2. The Morgan fingerprint density at radius 2 is 2.00 bits per heavy atom. The van der Waals surface area contributed by atoms with Crippen molar-refractivity contribution in [2.24, 2.45) is 5.92 Å². The fourth-order valence-corrected chi connectivity index (χ4v) is 2.32. The molecule has 0 spiro atoms. The Hall–Kier alpha value is -1.53. The van der Waals surface area contributed by atoms with Crippen LogP contribution in [0.4, 0.5) is 11.5 Å². The Bertz CT molecular complexity index is 445. The summed E-state index contributed by atoms with van der Waals surface area (Å²) in [6.45, 7) is 9.45. The van der Waals surface area contributed by atoms with Crippen molar-refractivity contribution in [3.8, 4) is 5.88 Å². The molecule has 2 rings (SSSR count). The van der Waals surface area contributed by atoms with Crippen LogP contribution in [0.25, 0.3) is 0 Å². The number of aromatic nitrogens is 1. The summed E-state index contributed by atoms with van der Waals surface area (Å²) in [4.78, 5) is 9.04. The minimum absolute atomic E-state index is 0.216. The number of nitrogens with two attached hydrogens (primary N) is 1. The van der Waals surface area contributed by atoms with E-state index >= 15 is 0 Å². The first-order valence-corrected chi connectivity index (χ1v) is 7.57. The zero-order valence-corrected chi connectivity index (χ0v) is 13.0. The molecule has 6 nitrogen and oxygen atoms in total. The minimum atomic E-state index is 0.216. The summed E-state index contributed by atoms with van der Waals surface area (Å²) in [6.07, 6.45) is 0. The SMILES string of the molecule is CC(C)COc1nc(N2CCN(CCO)CC2)ccc1N. The van der Waals surface area contributed by atoms with Gasteiger partial charge in [-0.1, -0.05) is 13.8 Å². The molecule has 3 N–H and O–H groups in total. The van der Waals surface area contributed by atoms with E-state index in [1.165, 1.54) is 0 Å². The van der Waals surface area contributed by atoms with Gasteiger partial charge in [0.1, 0.15) is 5.82 Å². The first kappa shape index (κ1) is 15.9. The largest absolute Gasteiger partial charge is 0.476 e. The van der Waals surface area contributed by atoms with Gasteiger partial charge in [0.2, 0.25) is 5.88 Å². The lowest BCUT2D eigenvalue weighted by Crippen LogP contribution is -2.47. The quantitative estimate of drug-likeness (QED) is 0.809. The lowest BCUT2D eigenvalue weighted by Gasteiger charge is -2.35. The Morgan fingerprint density at radius 1 is 1.29 bits per heavy atom. The first-order valence-electron chi connectivity index (χ1n) is 7.57. The van der Waals surface area contributed by atoms with E-state index < -0.39 is 0 Å². The molecule has 2 heterocycles. The number of nitrogen functional groups attached to an aromatic ring is 1. The summed E-state index contributed by atoms with van der Waals surface area (Å²) in [5, 5.41) is 8.97. The molecule has 0 radical (unpaired) electrons. The van der Waals surface area contributed by atoms with Gasteiger partial charge in [-0.15, -0.1) is 0 Å². The molecule has 1 fully saturated rings. The molecule has 0 bridgehead atoms. The van der Waals surface area contributed by atoms with Crippen LogP contribution in [0.5, 0.6) is 5.88 Å². The average Bonchev–Trinajstić information content (AvgIpc) is 2.47. The van der Waals surface area contributed by atoms with E-state index in [-0.39, 0.29) is 6.61 Å². The zero-order valence-electron chi connectivity index (χ0n) is 13.0. The van der Waals surface area contributed by atoms with Crippen LogP contribution in [0, 0.1) is 5.92 Å². The number of aliphatic hydroxyl groups excluding tert-OH is 1. The Morgan fingerprint density at radius 3 is 2.62 bits per heavy atom. The van der Waals surface area contributed by atoms with Crippen LogP contribution in [0.15, 0.2) is 12.1 Å². The Kier molecular flexibility index (Phi) is 5.64. The number of β-amino-alcohol motifs (C(OH)–C–C–N with tert-alkyl or cyclic N) is 1. The highest BCUT2D eigenvalue weighted by atomic mass is 16.5. The predicted octanol–water partition coefficient (Wildman–Crippen LogP) is 0.813. The van der Waals surface area contributed by atoms with Crippen molar-refractivity contribution < 1.29 is 9.84 Å². The first-order chi connectivity index (χ1) is 10.1. The smallest absolute Gasteiger partial charge is 0.239 e. The Balaban J connectivity index is 1.99. The number of ether oxygens (including phenoxy) is 1. The van der Waals surface area contributed by atoms with Gasteiger partial charge in [-0.2, -0.15) is 4.98 Å². The normalized spacial score (nSPS) is 16.5. The molecule has 0 amide bonds. The maximum Gasteiger partial charge on any atom is 0.239 e. The fourth-order valence-electron chi connectivity index (χ4n) is 2.32. The van der Waals surface area contributed by atoms with Crippen molar-refractivity contribution in [2.75, 3.05) is 56.6 Å². The zero-order chi connectivity index (χ0) is 15.2. The molecule has 0 atom stereocenters. The third-order valence-electron chi connectivity index (χ3n) is 3.54. The monoisotopic (exact) mass is 294 g/mol. The third-order valence-corrected chi connectivity index (χ3v) is 3.54. The molecule has 1 aromatic rings. The van der Waals surface area contributed by atoms with Gasteiger partial charge in [0.25, 0.3) is 0 Å². The van der Waals surface area contributed by atoms with Crippen molar-refractivity contribution in [1.29, 1.82) is 0 Å². The van der Waals surface area contributed by atoms with Crippen molar-refractivity contribution in [3.63, 3.8) is 0 Å². The fraction of sp³-hybridized carbons (Fsp3) is 0.667. The van der Waals surface area contributed by atoms with Gasteiger partial charge in [0.15, 0.2) is 0 Å². The molecule has 1 aliphatic heterocycles. The topological polar surface area (TPSA) is 74.8 Å². The van der Waals surface area contributed by atoms with Gasteiger partial charge >= 0.3 is 0 Å². The highest BCUT2D eigenvalue weighted by Crippen LogP contribution is 2.24. The van der Waals surface area contributed by atoms with E-state index in [1.54, 1.807) is 0 Å². The molecule has 0 saturated carbocycles. The second-order valence-electron chi connectivity index (χ2n) is 5.82. The molecule has 1 aromatic heterocycles. The number of pyridine rings is 1. The van der Waals surface area contributed by atoms with E-state index in [0.717, 1.165) is 38.5 Å². The molecule has 1 aliphatic rings. The number of rotatable bonds is 6. The number of anilines is 2. The van der Waals surface area contributed by atoms with E-state index in [2.05, 4.69) is 28.6 Å². The molecule has 118 valence electrons. The van der Waals surface area contributed by atoms with Crippen molar-refractivity contribution in [3.05, 3.63) is 12.1 Å². The summed E-state index contributed by atoms with van der Waals surface area (Å²) in [7, 11) is 0. The summed E-state index contributed by atoms with van der Waals surface area (Å²) < 4.78 is 5.68. The van der Waals surface area contributed by atoms with Gasteiger partial charge in [-0.05, 0) is 18.1 Å². The maximum absolute atomic E-state index is 8.97. The summed E-state index contributed by atoms with van der Waals surface area (Å²) >= 11 is 0. The molecule has 6 heteroatoms. The van der Waals surface area contributed by atoms with Crippen LogP contribution >= 0.6 is 0 Å². The van der Waals surface area contributed by atoms with E-state index in [9.17, 15) is 0 Å². The standard InChI is InChI=1S/C15H26N4O2/c1-12(2)11-21-15-13(16)3-4-14(17-15)19-7-5-18(6-8-19)9-10-20/h3-4,12,20H,5-11,16H2,1-2H3. The number of aliphatic hydroxyl groups is 1. The van der Waals surface area contributed by atoms with Crippen molar-refractivity contribution in [1.82, 2.24) is 9.88 Å². The van der Waals surface area contributed by atoms with E-state index in [0.29, 0.717) is 24.1 Å². The summed E-state index contributed by atoms with van der Waals surface area (Å²) in [6, 6.07) is 3.80. The van der Waals surface area contributed by atoms with Gasteiger partial charge in [0.05, 0.1) is 18.9 Å². The lowest BCUT2D eigenvalue weighted by molar-refractivity contribution is 0.188. The van der Waals surface area contributed by atoms with Gasteiger partial charge < -0.3 is 20.5 Å². The Labute approximate surface area is 126 Å². The molecule has 0 aromatic carbocycles. The van der Waals surface area contributed by atoms with Gasteiger partial charge in [-0.25, -0.2) is 0 Å². The van der Waals surface area contributed by atoms with Gasteiger partial charge in [-0.3, -0.25) is 4.90 Å². The van der Waals surface area contributed by atoms with E-state index in [1.807, 2.05) is 12.1 Å². The molecule has 21 heavy (non-hydrogen) atoms. The average molecular weight is 294 g/mol. The lowest BCUT2D eigenvalue weighted by atomic mass is 10.2. The molecule has 0 aliphatic carbocycles. The number of piperazine rings is 1. The second kappa shape index (κ2) is 7.47. The van der Waals surface area contributed by atoms with Crippen LogP contribution in [0.3, 0.4) is 0 Å². The maximum atomic E-state index is 8.97. The summed E-state index contributed by atoms with van der Waals surface area (Å²) in [5.41, 5.74) is 6.51. The molecular formula is C15H26N4O2. The second-order valence-corrected chi connectivity index (χ2v) is 5.82. The van der Waals surface area contributed by atoms with Crippen molar-refractivity contribution >= 4 is 11.5 Å². The van der Waals surface area contributed by atoms with Crippen molar-refractivity contribution in [2.45, 2.75) is 13.8 Å². The highest BCUT2D eigenvalue weighted by Gasteiger charge is 2.18. The summed E-state index contributed by atoms with van der Waals surface area (Å²) in [5.74, 6) is 1.88. The predicted molar refractivity (Wildman–Crippen MR) is 84.7 cm³/mol. The third kappa shape index (κ3) is 4.47. The van der Waals surface area contributed by atoms with Crippen LogP contribution in [-0.4, -0.2) is 60.9 Å². The van der Waals surface area contributed by atoms with Crippen LogP contribution in [-0.2, 0) is 0 Å². The molecular weight excluding hydrogens is 268 g/mol. The van der Waals surface area contributed by atoms with Crippen LogP contribution in [0.2, 0.25) is 0 Å². The number of nitrogens with zero attached hydrogens (tertiary/aromatic N) is 3. The van der Waals surface area contributed by atoms with Crippen LogP contribution in [0.1, 0.15) is 13.8 Å². The highest BCUT2D eigenvalue weighted by molar-refractivity contribution is 5.54. The molecule has 0 unspecified atom stereocenters. The van der Waals surface area contributed by atoms with E-state index in [4.69, 9.17) is 15.6 Å².